The predicted molar refractivity (Wildman–Crippen MR) is 122 cm³/mol. The average molecular weight is 464 g/mol. The van der Waals surface area contributed by atoms with E-state index in [2.05, 4.69) is 0 Å². The number of imide groups is 1. The summed E-state index contributed by atoms with van der Waals surface area (Å²) in [7, 11) is 0. The molecule has 1 fully saturated rings. The summed E-state index contributed by atoms with van der Waals surface area (Å²) in [5.41, 5.74) is 1.95. The Balaban J connectivity index is 1.49. The number of nitrogens with zero attached hydrogens (tertiary/aromatic N) is 2. The van der Waals surface area contributed by atoms with Crippen molar-refractivity contribution < 1.29 is 23.6 Å². The fourth-order valence-corrected chi connectivity index (χ4v) is 3.99. The highest BCUT2D eigenvalue weighted by molar-refractivity contribution is 8.18. The molecule has 0 spiro atoms. The van der Waals surface area contributed by atoms with Crippen LogP contribution >= 0.6 is 11.8 Å². The number of rotatable bonds is 7. The zero-order valence-corrected chi connectivity index (χ0v) is 18.0. The minimum absolute atomic E-state index is 0.0166. The number of benzene rings is 3. The fraction of sp³-hybridized carbons (Fsp3) is 0.0833. The Morgan fingerprint density at radius 2 is 1.64 bits per heavy atom. The van der Waals surface area contributed by atoms with Crippen LogP contribution in [0.3, 0.4) is 0 Å². The molecule has 1 aliphatic rings. The molecule has 0 atom stereocenters. The van der Waals surface area contributed by atoms with Crippen LogP contribution < -0.4 is 4.74 Å². The molecule has 0 N–H and O–H groups in total. The van der Waals surface area contributed by atoms with Crippen molar-refractivity contribution in [3.63, 3.8) is 0 Å². The molecule has 0 aliphatic carbocycles. The monoisotopic (exact) mass is 464 g/mol. The van der Waals surface area contributed by atoms with Crippen molar-refractivity contribution in [1.29, 1.82) is 0 Å². The summed E-state index contributed by atoms with van der Waals surface area (Å²) < 4.78 is 18.9. The molecule has 9 heteroatoms. The van der Waals surface area contributed by atoms with Crippen LogP contribution in [0, 0.1) is 15.9 Å². The maximum atomic E-state index is 13.1. The number of carbonyl (C=O) groups excluding carboxylic acids is 2. The number of halogens is 1. The molecule has 33 heavy (non-hydrogen) atoms. The van der Waals surface area contributed by atoms with Crippen molar-refractivity contribution in [3.05, 3.63) is 110 Å². The second-order valence-electron chi connectivity index (χ2n) is 7.14. The van der Waals surface area contributed by atoms with Gasteiger partial charge in [0.2, 0.25) is 0 Å². The number of nitro benzene ring substituents is 1. The zero-order valence-electron chi connectivity index (χ0n) is 17.1. The summed E-state index contributed by atoms with van der Waals surface area (Å²) in [6.07, 6.45) is 1.60. The topological polar surface area (TPSA) is 89.8 Å². The quantitative estimate of drug-likeness (QED) is 0.259. The van der Waals surface area contributed by atoms with Crippen LogP contribution in [-0.4, -0.2) is 21.0 Å². The van der Waals surface area contributed by atoms with Gasteiger partial charge in [-0.25, -0.2) is 4.39 Å². The first-order chi connectivity index (χ1) is 15.9. The van der Waals surface area contributed by atoms with Crippen molar-refractivity contribution in [2.75, 3.05) is 0 Å². The van der Waals surface area contributed by atoms with E-state index in [0.717, 1.165) is 22.2 Å². The molecule has 0 bridgehead atoms. The van der Waals surface area contributed by atoms with E-state index >= 15 is 0 Å². The standard InChI is InChI=1S/C24H17FN2O5S/c25-19-9-5-17(6-10-19)15-32-21-4-2-1-3-18(21)13-22-23(28)26(24(29)33-22)14-16-7-11-20(12-8-16)27(30)31/h1-13H,14-15H2/b22-13+. The summed E-state index contributed by atoms with van der Waals surface area (Å²) in [4.78, 5) is 36.9. The minimum atomic E-state index is -0.512. The van der Waals surface area contributed by atoms with Crippen LogP contribution in [0.15, 0.2) is 77.7 Å². The first-order valence-corrected chi connectivity index (χ1v) is 10.7. The number of thioether (sulfide) groups is 1. The molecule has 4 rings (SSSR count). The first-order valence-electron chi connectivity index (χ1n) is 9.86. The highest BCUT2D eigenvalue weighted by Crippen LogP contribution is 2.35. The molecular weight excluding hydrogens is 447 g/mol. The summed E-state index contributed by atoms with van der Waals surface area (Å²) in [6, 6.07) is 18.8. The Bertz CT molecular complexity index is 1240. The number of hydrogen-bond acceptors (Lipinski definition) is 6. The van der Waals surface area contributed by atoms with Crippen molar-refractivity contribution >= 4 is 34.7 Å². The number of nitro groups is 1. The molecule has 1 saturated heterocycles. The number of non-ortho nitro benzene ring substituents is 1. The number of ether oxygens (including phenoxy) is 1. The van der Waals surface area contributed by atoms with Crippen molar-refractivity contribution in [2.24, 2.45) is 0 Å². The minimum Gasteiger partial charge on any atom is -0.488 e. The first kappa shape index (κ1) is 22.2. The van der Waals surface area contributed by atoms with Gasteiger partial charge >= 0.3 is 0 Å². The van der Waals surface area contributed by atoms with Crippen LogP contribution in [0.4, 0.5) is 14.9 Å². The van der Waals surface area contributed by atoms with E-state index in [1.165, 1.54) is 36.4 Å². The van der Waals surface area contributed by atoms with Crippen LogP contribution in [-0.2, 0) is 17.9 Å². The largest absolute Gasteiger partial charge is 0.488 e. The Morgan fingerprint density at radius 3 is 2.33 bits per heavy atom. The highest BCUT2D eigenvalue weighted by Gasteiger charge is 2.35. The molecule has 2 amide bonds. The molecule has 0 saturated carbocycles. The lowest BCUT2D eigenvalue weighted by Crippen LogP contribution is -2.27. The molecule has 3 aromatic rings. The van der Waals surface area contributed by atoms with Gasteiger partial charge in [0.25, 0.3) is 16.8 Å². The smallest absolute Gasteiger partial charge is 0.293 e. The van der Waals surface area contributed by atoms with Crippen LogP contribution in [0.25, 0.3) is 6.08 Å². The second kappa shape index (κ2) is 9.66. The predicted octanol–water partition coefficient (Wildman–Crippen LogP) is 5.55. The van der Waals surface area contributed by atoms with Crippen LogP contribution in [0.2, 0.25) is 0 Å². The molecule has 1 aliphatic heterocycles. The van der Waals surface area contributed by atoms with E-state index in [1.807, 2.05) is 0 Å². The van der Waals surface area contributed by atoms with E-state index in [0.29, 0.717) is 16.9 Å². The molecule has 7 nitrogen and oxygen atoms in total. The van der Waals surface area contributed by atoms with Crippen molar-refractivity contribution in [3.8, 4) is 5.75 Å². The lowest BCUT2D eigenvalue weighted by Gasteiger charge is -2.12. The molecule has 0 unspecified atom stereocenters. The van der Waals surface area contributed by atoms with Gasteiger partial charge in [-0.1, -0.05) is 42.5 Å². The van der Waals surface area contributed by atoms with Gasteiger partial charge in [0.15, 0.2) is 0 Å². The summed E-state index contributed by atoms with van der Waals surface area (Å²) in [6.45, 7) is 0.232. The normalized spacial score (nSPS) is 14.7. The molecule has 0 aromatic heterocycles. The van der Waals surface area contributed by atoms with Crippen molar-refractivity contribution in [1.82, 2.24) is 4.90 Å². The number of hydrogen-bond donors (Lipinski definition) is 0. The van der Waals surface area contributed by atoms with Gasteiger partial charge in [-0.2, -0.15) is 0 Å². The summed E-state index contributed by atoms with van der Waals surface area (Å²) >= 11 is 0.822. The number of carbonyl (C=O) groups is 2. The van der Waals surface area contributed by atoms with Gasteiger partial charge < -0.3 is 4.74 Å². The third kappa shape index (κ3) is 5.27. The van der Waals surface area contributed by atoms with E-state index in [4.69, 9.17) is 4.74 Å². The van der Waals surface area contributed by atoms with Gasteiger partial charge in [-0.15, -0.1) is 0 Å². The molecule has 1 heterocycles. The average Bonchev–Trinajstić information content (AvgIpc) is 3.07. The van der Waals surface area contributed by atoms with E-state index in [1.54, 1.807) is 42.5 Å². The zero-order chi connectivity index (χ0) is 23.4. The second-order valence-corrected chi connectivity index (χ2v) is 8.14. The van der Waals surface area contributed by atoms with Crippen LogP contribution in [0.5, 0.6) is 5.75 Å². The van der Waals surface area contributed by atoms with Gasteiger partial charge in [-0.3, -0.25) is 24.6 Å². The summed E-state index contributed by atoms with van der Waals surface area (Å²) in [5, 5.41) is 10.4. The number of para-hydroxylation sites is 1. The van der Waals surface area contributed by atoms with Gasteiger partial charge in [0.05, 0.1) is 16.4 Å². The molecular formula is C24H17FN2O5S. The molecule has 166 valence electrons. The van der Waals surface area contributed by atoms with E-state index in [9.17, 15) is 24.1 Å². The Morgan fingerprint density at radius 1 is 0.970 bits per heavy atom. The maximum Gasteiger partial charge on any atom is 0.293 e. The maximum absolute atomic E-state index is 13.1. The third-order valence-corrected chi connectivity index (χ3v) is 5.78. The SMILES string of the molecule is O=C1S/C(=C/c2ccccc2OCc2ccc(F)cc2)C(=O)N1Cc1ccc([N+](=O)[O-])cc1. The van der Waals surface area contributed by atoms with Crippen LogP contribution in [0.1, 0.15) is 16.7 Å². The highest BCUT2D eigenvalue weighted by atomic mass is 32.2. The van der Waals surface area contributed by atoms with E-state index < -0.39 is 16.1 Å². The lowest BCUT2D eigenvalue weighted by atomic mass is 10.1. The Labute approximate surface area is 192 Å². The van der Waals surface area contributed by atoms with Gasteiger partial charge in [0, 0.05) is 17.7 Å². The van der Waals surface area contributed by atoms with Crippen molar-refractivity contribution in [2.45, 2.75) is 13.2 Å². The third-order valence-electron chi connectivity index (χ3n) is 4.87. The van der Waals surface area contributed by atoms with Gasteiger partial charge in [0.1, 0.15) is 18.2 Å². The van der Waals surface area contributed by atoms with Gasteiger partial charge in [-0.05, 0) is 47.2 Å². The Kier molecular flexibility index (Phi) is 6.50. The summed E-state index contributed by atoms with van der Waals surface area (Å²) in [5.74, 6) is -0.260. The lowest BCUT2D eigenvalue weighted by molar-refractivity contribution is -0.384. The number of amides is 2. The molecule has 0 radical (unpaired) electrons. The Hall–Kier alpha value is -3.98. The van der Waals surface area contributed by atoms with E-state index in [-0.39, 0.29) is 29.6 Å². The molecule has 3 aromatic carbocycles. The fourth-order valence-electron chi connectivity index (χ4n) is 3.16.